The third-order valence-corrected chi connectivity index (χ3v) is 5.47. The molecule has 0 saturated heterocycles. The predicted octanol–water partition coefficient (Wildman–Crippen LogP) is 3.31. The highest BCUT2D eigenvalue weighted by Gasteiger charge is 2.29. The van der Waals surface area contributed by atoms with Crippen LogP contribution >= 0.6 is 0 Å². The molecule has 0 heterocycles. The molecule has 1 aromatic rings. The molecule has 1 saturated carbocycles. The highest BCUT2D eigenvalue weighted by Crippen LogP contribution is 2.25. The van der Waals surface area contributed by atoms with Gasteiger partial charge in [0.05, 0.1) is 5.54 Å². The second kappa shape index (κ2) is 8.48. The molecule has 1 aliphatic carbocycles. The van der Waals surface area contributed by atoms with Crippen molar-refractivity contribution in [2.45, 2.75) is 58.4 Å². The first kappa shape index (κ1) is 19.4. The Labute approximate surface area is 150 Å². The third-order valence-electron chi connectivity index (χ3n) is 5.47. The van der Waals surface area contributed by atoms with E-state index in [0.29, 0.717) is 17.8 Å². The van der Waals surface area contributed by atoms with E-state index in [0.717, 1.165) is 25.7 Å². The molecule has 2 rings (SSSR count). The van der Waals surface area contributed by atoms with E-state index in [-0.39, 0.29) is 23.7 Å². The van der Waals surface area contributed by atoms with Crippen molar-refractivity contribution < 1.29 is 9.59 Å². The predicted molar refractivity (Wildman–Crippen MR) is 101 cm³/mol. The van der Waals surface area contributed by atoms with Gasteiger partial charge in [-0.3, -0.25) is 9.59 Å². The van der Waals surface area contributed by atoms with Gasteiger partial charge in [0.1, 0.15) is 0 Å². The molecule has 1 atom stereocenters. The lowest BCUT2D eigenvalue weighted by atomic mass is 9.88. The molecule has 0 spiro atoms. The lowest BCUT2D eigenvalue weighted by Crippen LogP contribution is -2.55. The van der Waals surface area contributed by atoms with Crippen LogP contribution in [0.25, 0.3) is 0 Å². The van der Waals surface area contributed by atoms with E-state index in [1.165, 1.54) is 6.42 Å². The molecule has 0 aliphatic heterocycles. The van der Waals surface area contributed by atoms with Gasteiger partial charge >= 0.3 is 0 Å². The Hall–Kier alpha value is -1.88. The van der Waals surface area contributed by atoms with Crippen LogP contribution in [0.4, 0.5) is 5.69 Å². The Morgan fingerprint density at radius 1 is 1.24 bits per heavy atom. The number of nitrogens with two attached hydrogens (primary N) is 1. The number of hydrogen-bond acceptors (Lipinski definition) is 3. The number of amides is 2. The Kier molecular flexibility index (Phi) is 6.59. The first-order valence-electron chi connectivity index (χ1n) is 9.29. The molecule has 0 radical (unpaired) electrons. The molecule has 0 aromatic heterocycles. The standard InChI is InChI=1S/C20H31N3O2/c1-14(2)20(3,13-21)23-19(25)16-10-7-11-17(12-16)22-18(24)15-8-5-4-6-9-15/h7,10-12,14-15H,4-6,8-9,13,21H2,1-3H3,(H,22,24)(H,23,25). The van der Waals surface area contributed by atoms with Gasteiger partial charge in [-0.05, 0) is 43.9 Å². The summed E-state index contributed by atoms with van der Waals surface area (Å²) in [5, 5.41) is 5.99. The SMILES string of the molecule is CC(C)C(C)(CN)NC(=O)c1cccc(NC(=O)C2CCCCC2)c1. The van der Waals surface area contributed by atoms with Crippen molar-refractivity contribution in [2.75, 3.05) is 11.9 Å². The van der Waals surface area contributed by atoms with Crippen LogP contribution < -0.4 is 16.4 Å². The van der Waals surface area contributed by atoms with Crippen molar-refractivity contribution >= 4 is 17.5 Å². The first-order chi connectivity index (χ1) is 11.9. The molecule has 1 fully saturated rings. The molecule has 1 aromatic carbocycles. The van der Waals surface area contributed by atoms with Crippen LogP contribution in [0.1, 0.15) is 63.2 Å². The van der Waals surface area contributed by atoms with Gasteiger partial charge in [-0.25, -0.2) is 0 Å². The molecule has 25 heavy (non-hydrogen) atoms. The fourth-order valence-corrected chi connectivity index (χ4v) is 3.11. The number of carbonyl (C=O) groups excluding carboxylic acids is 2. The quantitative estimate of drug-likeness (QED) is 0.739. The number of benzene rings is 1. The number of nitrogens with one attached hydrogen (secondary N) is 2. The van der Waals surface area contributed by atoms with Gasteiger partial charge in [0.15, 0.2) is 0 Å². The zero-order chi connectivity index (χ0) is 18.4. The van der Waals surface area contributed by atoms with Gasteiger partial charge < -0.3 is 16.4 Å². The fraction of sp³-hybridized carbons (Fsp3) is 0.600. The minimum Gasteiger partial charge on any atom is -0.345 e. The van der Waals surface area contributed by atoms with E-state index in [1.807, 2.05) is 26.8 Å². The van der Waals surface area contributed by atoms with Crippen LogP contribution in [0.15, 0.2) is 24.3 Å². The smallest absolute Gasteiger partial charge is 0.251 e. The maximum atomic E-state index is 12.6. The Morgan fingerprint density at radius 3 is 2.52 bits per heavy atom. The average molecular weight is 345 g/mol. The van der Waals surface area contributed by atoms with Crippen LogP contribution in [0.3, 0.4) is 0 Å². The minimum atomic E-state index is -0.460. The molecule has 138 valence electrons. The van der Waals surface area contributed by atoms with E-state index in [4.69, 9.17) is 5.73 Å². The highest BCUT2D eigenvalue weighted by molar-refractivity contribution is 5.98. The second-order valence-corrected chi connectivity index (χ2v) is 7.64. The largest absolute Gasteiger partial charge is 0.345 e. The lowest BCUT2D eigenvalue weighted by Gasteiger charge is -2.33. The van der Waals surface area contributed by atoms with Crippen LogP contribution in [-0.4, -0.2) is 23.9 Å². The van der Waals surface area contributed by atoms with Gasteiger partial charge in [-0.2, -0.15) is 0 Å². The average Bonchev–Trinajstić information content (AvgIpc) is 2.62. The summed E-state index contributed by atoms with van der Waals surface area (Å²) in [7, 11) is 0. The number of rotatable bonds is 6. The zero-order valence-corrected chi connectivity index (χ0v) is 15.6. The van der Waals surface area contributed by atoms with Gasteiger partial charge in [-0.1, -0.05) is 39.2 Å². The molecule has 1 aliphatic rings. The van der Waals surface area contributed by atoms with Crippen molar-refractivity contribution in [2.24, 2.45) is 17.6 Å². The van der Waals surface area contributed by atoms with Gasteiger partial charge in [0.2, 0.25) is 5.91 Å². The van der Waals surface area contributed by atoms with Crippen LogP contribution in [0.5, 0.6) is 0 Å². The van der Waals surface area contributed by atoms with Crippen molar-refractivity contribution in [3.05, 3.63) is 29.8 Å². The summed E-state index contributed by atoms with van der Waals surface area (Å²) in [5.41, 5.74) is 6.58. The summed E-state index contributed by atoms with van der Waals surface area (Å²) in [6, 6.07) is 7.10. The monoisotopic (exact) mass is 345 g/mol. The Bertz CT molecular complexity index is 609. The van der Waals surface area contributed by atoms with Crippen molar-refractivity contribution in [3.63, 3.8) is 0 Å². The molecular weight excluding hydrogens is 314 g/mol. The molecule has 0 bridgehead atoms. The van der Waals surface area contributed by atoms with Crippen LogP contribution in [0, 0.1) is 11.8 Å². The van der Waals surface area contributed by atoms with Crippen molar-refractivity contribution in [3.8, 4) is 0 Å². The highest BCUT2D eigenvalue weighted by atomic mass is 16.2. The maximum Gasteiger partial charge on any atom is 0.251 e. The van der Waals surface area contributed by atoms with E-state index < -0.39 is 5.54 Å². The maximum absolute atomic E-state index is 12.6. The second-order valence-electron chi connectivity index (χ2n) is 7.64. The summed E-state index contributed by atoms with van der Waals surface area (Å²) >= 11 is 0. The summed E-state index contributed by atoms with van der Waals surface area (Å²) in [6.07, 6.45) is 5.36. The lowest BCUT2D eigenvalue weighted by molar-refractivity contribution is -0.120. The third kappa shape index (κ3) is 5.05. The summed E-state index contributed by atoms with van der Waals surface area (Å²) < 4.78 is 0. The first-order valence-corrected chi connectivity index (χ1v) is 9.29. The molecule has 2 amide bonds. The fourth-order valence-electron chi connectivity index (χ4n) is 3.11. The molecule has 4 N–H and O–H groups in total. The van der Waals surface area contributed by atoms with Gasteiger partial charge in [-0.15, -0.1) is 0 Å². The number of anilines is 1. The van der Waals surface area contributed by atoms with E-state index in [1.54, 1.807) is 18.2 Å². The zero-order valence-electron chi connectivity index (χ0n) is 15.6. The number of carbonyl (C=O) groups is 2. The topological polar surface area (TPSA) is 84.2 Å². The minimum absolute atomic E-state index is 0.0613. The van der Waals surface area contributed by atoms with Crippen LogP contribution in [-0.2, 0) is 4.79 Å². The Balaban J connectivity index is 2.05. The van der Waals surface area contributed by atoms with Crippen LogP contribution in [0.2, 0.25) is 0 Å². The summed E-state index contributed by atoms with van der Waals surface area (Å²) in [5.74, 6) is 0.199. The molecule has 5 nitrogen and oxygen atoms in total. The van der Waals surface area contributed by atoms with Crippen molar-refractivity contribution in [1.82, 2.24) is 5.32 Å². The normalized spacial score (nSPS) is 17.8. The number of hydrogen-bond donors (Lipinski definition) is 3. The van der Waals surface area contributed by atoms with E-state index in [9.17, 15) is 9.59 Å². The van der Waals surface area contributed by atoms with Gasteiger partial charge in [0.25, 0.3) is 5.91 Å². The van der Waals surface area contributed by atoms with Crippen molar-refractivity contribution in [1.29, 1.82) is 0 Å². The van der Waals surface area contributed by atoms with E-state index >= 15 is 0 Å². The molecular formula is C20H31N3O2. The molecule has 5 heteroatoms. The van der Waals surface area contributed by atoms with Gasteiger partial charge in [0, 0.05) is 23.7 Å². The summed E-state index contributed by atoms with van der Waals surface area (Å²) in [4.78, 5) is 25.0. The van der Waals surface area contributed by atoms with E-state index in [2.05, 4.69) is 10.6 Å². The molecule has 1 unspecified atom stereocenters. The summed E-state index contributed by atoms with van der Waals surface area (Å²) in [6.45, 7) is 6.39. The Morgan fingerprint density at radius 2 is 1.92 bits per heavy atom.